The van der Waals surface area contributed by atoms with Crippen molar-refractivity contribution in [2.75, 3.05) is 13.1 Å². The molecule has 2 heterocycles. The highest BCUT2D eigenvalue weighted by Crippen LogP contribution is 2.37. The molecule has 0 bridgehead atoms. The molecule has 0 saturated carbocycles. The van der Waals surface area contributed by atoms with Gasteiger partial charge in [0.1, 0.15) is 0 Å². The lowest BCUT2D eigenvalue weighted by Crippen LogP contribution is -2.53. The average molecular weight is 261 g/mol. The molecule has 0 amide bonds. The Bertz CT molecular complexity index is 406. The Balaban J connectivity index is 2.32. The van der Waals surface area contributed by atoms with Crippen LogP contribution in [0.25, 0.3) is 0 Å². The molecule has 1 aromatic rings. The van der Waals surface area contributed by atoms with Crippen LogP contribution in [0.2, 0.25) is 0 Å². The molecular formula is C16H27N3. The number of aromatic nitrogens is 1. The van der Waals surface area contributed by atoms with Gasteiger partial charge in [0.15, 0.2) is 0 Å². The lowest BCUT2D eigenvalue weighted by molar-refractivity contribution is 0.0765. The lowest BCUT2D eigenvalue weighted by atomic mass is 9.80. The molecule has 0 aromatic carbocycles. The van der Waals surface area contributed by atoms with E-state index in [2.05, 4.69) is 36.7 Å². The van der Waals surface area contributed by atoms with Gasteiger partial charge in [0.05, 0.1) is 0 Å². The van der Waals surface area contributed by atoms with Gasteiger partial charge < -0.3 is 5.73 Å². The second kappa shape index (κ2) is 6.02. The number of rotatable bonds is 5. The van der Waals surface area contributed by atoms with Crippen LogP contribution < -0.4 is 5.73 Å². The molecule has 106 valence electrons. The first kappa shape index (κ1) is 14.5. The largest absolute Gasteiger partial charge is 0.322 e. The molecule has 2 rings (SSSR count). The third-order valence-electron chi connectivity index (χ3n) is 4.79. The molecule has 2 N–H and O–H groups in total. The van der Waals surface area contributed by atoms with E-state index >= 15 is 0 Å². The minimum absolute atomic E-state index is 0.0491. The van der Waals surface area contributed by atoms with E-state index in [0.29, 0.717) is 0 Å². The Morgan fingerprint density at radius 2 is 1.89 bits per heavy atom. The van der Waals surface area contributed by atoms with Gasteiger partial charge in [-0.15, -0.1) is 0 Å². The molecule has 1 atom stereocenters. The van der Waals surface area contributed by atoms with Gasteiger partial charge in [-0.3, -0.25) is 9.88 Å². The normalized spacial score (nSPS) is 18.7. The number of likely N-dealkylation sites (tertiary alicyclic amines) is 1. The van der Waals surface area contributed by atoms with Crippen molar-refractivity contribution in [1.29, 1.82) is 0 Å². The zero-order valence-electron chi connectivity index (χ0n) is 12.5. The van der Waals surface area contributed by atoms with E-state index in [1.54, 1.807) is 0 Å². The zero-order chi connectivity index (χ0) is 13.9. The average Bonchev–Trinajstić information content (AvgIpc) is 2.95. The second-order valence-corrected chi connectivity index (χ2v) is 5.78. The fraction of sp³-hybridized carbons (Fsp3) is 0.688. The van der Waals surface area contributed by atoms with Crippen molar-refractivity contribution in [3.63, 3.8) is 0 Å². The fourth-order valence-electron chi connectivity index (χ4n) is 3.55. The summed E-state index contributed by atoms with van der Waals surface area (Å²) >= 11 is 0. The Morgan fingerprint density at radius 3 is 2.42 bits per heavy atom. The van der Waals surface area contributed by atoms with E-state index in [0.717, 1.165) is 12.8 Å². The predicted molar refractivity (Wildman–Crippen MR) is 80.0 cm³/mol. The molecule has 0 aliphatic carbocycles. The molecule has 0 radical (unpaired) electrons. The van der Waals surface area contributed by atoms with Crippen LogP contribution in [-0.2, 0) is 0 Å². The second-order valence-electron chi connectivity index (χ2n) is 5.78. The van der Waals surface area contributed by atoms with Gasteiger partial charge in [0, 0.05) is 24.0 Å². The lowest BCUT2D eigenvalue weighted by Gasteiger charge is -2.45. The van der Waals surface area contributed by atoms with Crippen molar-refractivity contribution in [2.24, 2.45) is 5.73 Å². The first-order valence-corrected chi connectivity index (χ1v) is 7.56. The molecule has 1 saturated heterocycles. The number of hydrogen-bond donors (Lipinski definition) is 1. The minimum Gasteiger partial charge on any atom is -0.322 e. The highest BCUT2D eigenvalue weighted by atomic mass is 15.2. The first-order valence-electron chi connectivity index (χ1n) is 7.56. The first-order chi connectivity index (χ1) is 9.14. The highest BCUT2D eigenvalue weighted by Gasteiger charge is 2.41. The summed E-state index contributed by atoms with van der Waals surface area (Å²) in [5.41, 5.74) is 9.12. The van der Waals surface area contributed by atoms with E-state index in [4.69, 9.17) is 5.73 Å². The van der Waals surface area contributed by atoms with E-state index in [1.807, 2.05) is 12.4 Å². The molecule has 1 aliphatic rings. The fourth-order valence-corrected chi connectivity index (χ4v) is 3.55. The van der Waals surface area contributed by atoms with Crippen LogP contribution in [0.3, 0.4) is 0 Å². The maximum atomic E-state index is 6.66. The standard InChI is InChI=1S/C16H27N3/c1-4-16(5-2,19-8-6-7-9-19)15(17)14-10-13(3)11-18-12-14/h10-12,15H,4-9,17H2,1-3H3. The Morgan fingerprint density at radius 1 is 1.26 bits per heavy atom. The van der Waals surface area contributed by atoms with Gasteiger partial charge in [-0.05, 0) is 56.8 Å². The molecule has 3 nitrogen and oxygen atoms in total. The molecule has 3 heteroatoms. The summed E-state index contributed by atoms with van der Waals surface area (Å²) in [5, 5.41) is 0. The molecule has 19 heavy (non-hydrogen) atoms. The number of aryl methyl sites for hydroxylation is 1. The number of hydrogen-bond acceptors (Lipinski definition) is 3. The van der Waals surface area contributed by atoms with E-state index in [9.17, 15) is 0 Å². The van der Waals surface area contributed by atoms with E-state index < -0.39 is 0 Å². The van der Waals surface area contributed by atoms with Crippen molar-refractivity contribution in [2.45, 2.75) is 58.0 Å². The Kier molecular flexibility index (Phi) is 4.58. The minimum atomic E-state index is 0.0491. The summed E-state index contributed by atoms with van der Waals surface area (Å²) in [7, 11) is 0. The number of nitrogens with zero attached hydrogens (tertiary/aromatic N) is 2. The van der Waals surface area contributed by atoms with E-state index in [1.165, 1.54) is 37.1 Å². The summed E-state index contributed by atoms with van der Waals surface area (Å²) in [4.78, 5) is 6.93. The molecule has 1 aromatic heterocycles. The molecule has 1 unspecified atom stereocenters. The Labute approximate surface area is 117 Å². The smallest absolute Gasteiger partial charge is 0.0497 e. The number of nitrogens with two attached hydrogens (primary N) is 1. The van der Waals surface area contributed by atoms with Gasteiger partial charge in [-0.25, -0.2) is 0 Å². The van der Waals surface area contributed by atoms with Crippen LogP contribution in [-0.4, -0.2) is 28.5 Å². The molecule has 1 aliphatic heterocycles. The van der Waals surface area contributed by atoms with Crippen LogP contribution in [0.1, 0.15) is 56.7 Å². The van der Waals surface area contributed by atoms with Crippen molar-refractivity contribution in [3.8, 4) is 0 Å². The van der Waals surface area contributed by atoms with Gasteiger partial charge in [0.2, 0.25) is 0 Å². The summed E-state index contributed by atoms with van der Waals surface area (Å²) in [6.45, 7) is 9.00. The van der Waals surface area contributed by atoms with Crippen molar-refractivity contribution in [3.05, 3.63) is 29.6 Å². The SMILES string of the molecule is CCC(CC)(C(N)c1cncc(C)c1)N1CCCC1. The van der Waals surface area contributed by atoms with Gasteiger partial charge in [0.25, 0.3) is 0 Å². The summed E-state index contributed by atoms with van der Waals surface area (Å²) in [6.07, 6.45) is 8.64. The van der Waals surface area contributed by atoms with Gasteiger partial charge >= 0.3 is 0 Å². The summed E-state index contributed by atoms with van der Waals surface area (Å²) < 4.78 is 0. The van der Waals surface area contributed by atoms with Gasteiger partial charge in [-0.1, -0.05) is 19.9 Å². The third kappa shape index (κ3) is 2.67. The monoisotopic (exact) mass is 261 g/mol. The van der Waals surface area contributed by atoms with Gasteiger partial charge in [-0.2, -0.15) is 0 Å². The van der Waals surface area contributed by atoms with E-state index in [-0.39, 0.29) is 11.6 Å². The molecule has 0 spiro atoms. The maximum absolute atomic E-state index is 6.66. The van der Waals surface area contributed by atoms with Crippen molar-refractivity contribution < 1.29 is 0 Å². The topological polar surface area (TPSA) is 42.1 Å². The number of pyridine rings is 1. The molecular weight excluding hydrogens is 234 g/mol. The van der Waals surface area contributed by atoms with Crippen LogP contribution in [0.5, 0.6) is 0 Å². The quantitative estimate of drug-likeness (QED) is 0.886. The Hall–Kier alpha value is -0.930. The summed E-state index contributed by atoms with van der Waals surface area (Å²) in [6, 6.07) is 2.24. The highest BCUT2D eigenvalue weighted by molar-refractivity contribution is 5.24. The van der Waals surface area contributed by atoms with Crippen molar-refractivity contribution >= 4 is 0 Å². The maximum Gasteiger partial charge on any atom is 0.0497 e. The van der Waals surface area contributed by atoms with Crippen molar-refractivity contribution in [1.82, 2.24) is 9.88 Å². The van der Waals surface area contributed by atoms with Crippen LogP contribution in [0.4, 0.5) is 0 Å². The summed E-state index contributed by atoms with van der Waals surface area (Å²) in [5.74, 6) is 0. The van der Waals surface area contributed by atoms with Crippen LogP contribution in [0, 0.1) is 6.92 Å². The predicted octanol–water partition coefficient (Wildman–Crippen LogP) is 3.04. The zero-order valence-corrected chi connectivity index (χ0v) is 12.5. The molecule has 1 fully saturated rings. The third-order valence-corrected chi connectivity index (χ3v) is 4.79. The van der Waals surface area contributed by atoms with Crippen LogP contribution >= 0.6 is 0 Å². The van der Waals surface area contributed by atoms with Crippen LogP contribution in [0.15, 0.2) is 18.5 Å².